The molecule has 1 N–H and O–H groups in total. The lowest BCUT2D eigenvalue weighted by Crippen LogP contribution is -2.20. The average Bonchev–Trinajstić information content (AvgIpc) is 2.40. The lowest BCUT2D eigenvalue weighted by atomic mass is 10.3. The zero-order valence-electron chi connectivity index (χ0n) is 10.2. The topological polar surface area (TPSA) is 38.3 Å². The fourth-order valence-corrected chi connectivity index (χ4v) is 1.92. The van der Waals surface area contributed by atoms with E-state index < -0.39 is 5.82 Å². The number of hydrogen-bond donors (Lipinski definition) is 1. The summed E-state index contributed by atoms with van der Waals surface area (Å²) in [5.41, 5.74) is 0.577. The highest BCUT2D eigenvalue weighted by Crippen LogP contribution is 2.21. The van der Waals surface area contributed by atoms with Crippen LogP contribution in [0.4, 0.5) is 10.1 Å². The first-order valence-corrected chi connectivity index (χ1v) is 6.85. The van der Waals surface area contributed by atoms with Gasteiger partial charge in [0.1, 0.15) is 11.6 Å². The van der Waals surface area contributed by atoms with Crippen molar-refractivity contribution < 1.29 is 13.9 Å². The Bertz CT molecular complexity index is 636. The number of hydrogen-bond acceptors (Lipinski definition) is 2. The number of ether oxygens (including phenoxy) is 1. The first-order valence-electron chi connectivity index (χ1n) is 5.68. The zero-order chi connectivity index (χ0) is 14.5. The van der Waals surface area contributed by atoms with E-state index in [1.54, 1.807) is 30.3 Å². The first-order chi connectivity index (χ1) is 9.54. The van der Waals surface area contributed by atoms with E-state index in [9.17, 15) is 9.18 Å². The van der Waals surface area contributed by atoms with Crippen LogP contribution in [0, 0.1) is 5.82 Å². The molecule has 0 heterocycles. The second-order valence-electron chi connectivity index (χ2n) is 3.92. The van der Waals surface area contributed by atoms with Gasteiger partial charge in [0.15, 0.2) is 6.61 Å². The molecule has 2 aromatic carbocycles. The molecule has 0 aliphatic rings. The molecule has 6 heteroatoms. The largest absolute Gasteiger partial charge is 0.484 e. The molecule has 3 nitrogen and oxygen atoms in total. The second-order valence-corrected chi connectivity index (χ2v) is 5.21. The Hall–Kier alpha value is -1.59. The number of nitrogens with one attached hydrogen (secondary N) is 1. The maximum absolute atomic E-state index is 13.3. The van der Waals surface area contributed by atoms with E-state index in [0.29, 0.717) is 15.2 Å². The van der Waals surface area contributed by atoms with E-state index >= 15 is 0 Å². The number of carbonyl (C=O) groups excluding carboxylic acids is 1. The SMILES string of the molecule is O=C(COc1ccc(Br)c(F)c1)Nc1cccc(Cl)c1. The van der Waals surface area contributed by atoms with Crippen LogP contribution in [0.5, 0.6) is 5.75 Å². The fourth-order valence-electron chi connectivity index (χ4n) is 1.48. The molecule has 2 aromatic rings. The van der Waals surface area contributed by atoms with Crippen LogP contribution in [0.15, 0.2) is 46.9 Å². The first kappa shape index (κ1) is 14.8. The highest BCUT2D eigenvalue weighted by Gasteiger charge is 2.06. The van der Waals surface area contributed by atoms with Crippen LogP contribution in [-0.4, -0.2) is 12.5 Å². The molecule has 1 amide bonds. The lowest BCUT2D eigenvalue weighted by Gasteiger charge is -2.08. The van der Waals surface area contributed by atoms with Crippen molar-refractivity contribution in [2.45, 2.75) is 0 Å². The average molecular weight is 359 g/mol. The Kier molecular flexibility index (Phi) is 4.98. The van der Waals surface area contributed by atoms with Gasteiger partial charge in [-0.15, -0.1) is 0 Å². The third-order valence-corrected chi connectivity index (χ3v) is 3.25. The lowest BCUT2D eigenvalue weighted by molar-refractivity contribution is -0.118. The van der Waals surface area contributed by atoms with Crippen molar-refractivity contribution in [1.82, 2.24) is 0 Å². The molecule has 0 spiro atoms. The van der Waals surface area contributed by atoms with E-state index in [-0.39, 0.29) is 18.3 Å². The molecule has 0 unspecified atom stereocenters. The van der Waals surface area contributed by atoms with Gasteiger partial charge in [-0.25, -0.2) is 4.39 Å². The van der Waals surface area contributed by atoms with Crippen molar-refractivity contribution in [1.29, 1.82) is 0 Å². The van der Waals surface area contributed by atoms with Crippen molar-refractivity contribution in [2.24, 2.45) is 0 Å². The van der Waals surface area contributed by atoms with E-state index in [4.69, 9.17) is 16.3 Å². The van der Waals surface area contributed by atoms with Gasteiger partial charge in [0.05, 0.1) is 4.47 Å². The summed E-state index contributed by atoms with van der Waals surface area (Å²) < 4.78 is 18.8. The maximum Gasteiger partial charge on any atom is 0.262 e. The summed E-state index contributed by atoms with van der Waals surface area (Å²) in [5.74, 6) is -0.514. The quantitative estimate of drug-likeness (QED) is 0.887. The van der Waals surface area contributed by atoms with Gasteiger partial charge >= 0.3 is 0 Å². The minimum atomic E-state index is -0.447. The Labute approximate surface area is 128 Å². The predicted octanol–water partition coefficient (Wildman–Crippen LogP) is 4.26. The summed E-state index contributed by atoms with van der Waals surface area (Å²) >= 11 is 8.84. The van der Waals surface area contributed by atoms with Crippen LogP contribution in [0.1, 0.15) is 0 Å². The number of carbonyl (C=O) groups is 1. The molecule has 0 aromatic heterocycles. The fraction of sp³-hybridized carbons (Fsp3) is 0.0714. The van der Waals surface area contributed by atoms with Gasteiger partial charge in [0.25, 0.3) is 5.91 Å². The number of rotatable bonds is 4. The van der Waals surface area contributed by atoms with Crippen LogP contribution >= 0.6 is 27.5 Å². The third-order valence-electron chi connectivity index (χ3n) is 2.37. The van der Waals surface area contributed by atoms with Gasteiger partial charge in [-0.05, 0) is 46.3 Å². The van der Waals surface area contributed by atoms with Gasteiger partial charge in [0.2, 0.25) is 0 Å². The molecule has 0 aliphatic heterocycles. The molecule has 2 rings (SSSR count). The molecular formula is C14H10BrClFNO2. The van der Waals surface area contributed by atoms with Gasteiger partial charge < -0.3 is 10.1 Å². The Morgan fingerprint density at radius 3 is 2.80 bits per heavy atom. The van der Waals surface area contributed by atoms with Crippen molar-refractivity contribution in [3.63, 3.8) is 0 Å². The highest BCUT2D eigenvalue weighted by molar-refractivity contribution is 9.10. The Morgan fingerprint density at radius 1 is 1.30 bits per heavy atom. The molecule has 0 atom stereocenters. The second kappa shape index (κ2) is 6.72. The predicted molar refractivity (Wildman–Crippen MR) is 79.7 cm³/mol. The monoisotopic (exact) mass is 357 g/mol. The third kappa shape index (κ3) is 4.21. The summed E-state index contributed by atoms with van der Waals surface area (Å²) in [4.78, 5) is 11.7. The Morgan fingerprint density at radius 2 is 2.10 bits per heavy atom. The summed E-state index contributed by atoms with van der Waals surface area (Å²) in [7, 11) is 0. The van der Waals surface area contributed by atoms with E-state index in [1.807, 2.05) is 0 Å². The molecule has 0 saturated heterocycles. The normalized spacial score (nSPS) is 10.2. The van der Waals surface area contributed by atoms with Gasteiger partial charge in [-0.1, -0.05) is 17.7 Å². The van der Waals surface area contributed by atoms with Crippen molar-refractivity contribution in [3.8, 4) is 5.75 Å². The zero-order valence-corrected chi connectivity index (χ0v) is 12.5. The van der Waals surface area contributed by atoms with Crippen LogP contribution in [0.2, 0.25) is 5.02 Å². The molecule has 0 bridgehead atoms. The van der Waals surface area contributed by atoms with Crippen LogP contribution < -0.4 is 10.1 Å². The van der Waals surface area contributed by atoms with Crippen molar-refractivity contribution >= 4 is 39.1 Å². The van der Waals surface area contributed by atoms with Gasteiger partial charge in [-0.3, -0.25) is 4.79 Å². The number of halogens is 3. The van der Waals surface area contributed by atoms with Gasteiger partial charge in [0, 0.05) is 16.8 Å². The molecule has 20 heavy (non-hydrogen) atoms. The number of benzene rings is 2. The molecule has 0 saturated carbocycles. The summed E-state index contributed by atoms with van der Waals surface area (Å²) in [5, 5.41) is 3.15. The van der Waals surface area contributed by atoms with Crippen LogP contribution in [0.3, 0.4) is 0 Å². The van der Waals surface area contributed by atoms with Gasteiger partial charge in [-0.2, -0.15) is 0 Å². The molecule has 0 radical (unpaired) electrons. The molecular weight excluding hydrogens is 349 g/mol. The number of amides is 1. The highest BCUT2D eigenvalue weighted by atomic mass is 79.9. The molecule has 0 aliphatic carbocycles. The van der Waals surface area contributed by atoms with Crippen molar-refractivity contribution in [2.75, 3.05) is 11.9 Å². The maximum atomic E-state index is 13.3. The summed E-state index contributed by atoms with van der Waals surface area (Å²) in [6.07, 6.45) is 0. The van der Waals surface area contributed by atoms with E-state index in [0.717, 1.165) is 0 Å². The minimum absolute atomic E-state index is 0.215. The standard InChI is InChI=1S/C14H10BrClFNO2/c15-12-5-4-11(7-13(12)17)20-8-14(19)18-10-3-1-2-9(16)6-10/h1-7H,8H2,(H,18,19). The smallest absolute Gasteiger partial charge is 0.262 e. The van der Waals surface area contributed by atoms with Crippen molar-refractivity contribution in [3.05, 3.63) is 57.8 Å². The summed E-state index contributed by atoms with van der Waals surface area (Å²) in [6.45, 7) is -0.215. The summed E-state index contributed by atoms with van der Waals surface area (Å²) in [6, 6.07) is 11.1. The minimum Gasteiger partial charge on any atom is -0.484 e. The van der Waals surface area contributed by atoms with E-state index in [2.05, 4.69) is 21.2 Å². The van der Waals surface area contributed by atoms with Crippen LogP contribution in [0.25, 0.3) is 0 Å². The molecule has 0 fully saturated rings. The molecule has 104 valence electrons. The Balaban J connectivity index is 1.90. The van der Waals surface area contributed by atoms with Crippen LogP contribution in [-0.2, 0) is 4.79 Å². The van der Waals surface area contributed by atoms with E-state index in [1.165, 1.54) is 12.1 Å². The number of anilines is 1.